The fourth-order valence-electron chi connectivity index (χ4n) is 4.11. The van der Waals surface area contributed by atoms with Crippen molar-refractivity contribution in [1.82, 2.24) is 0 Å². The van der Waals surface area contributed by atoms with Crippen molar-refractivity contribution in [2.24, 2.45) is 0 Å². The van der Waals surface area contributed by atoms with E-state index in [1.165, 1.54) is 0 Å². The molecule has 5 heteroatoms. The summed E-state index contributed by atoms with van der Waals surface area (Å²) in [6.07, 6.45) is 5.41. The second kappa shape index (κ2) is 8.99. The molecule has 0 atom stereocenters. The third-order valence-corrected chi connectivity index (χ3v) is 5.67. The molecule has 30 heavy (non-hydrogen) atoms. The molecule has 3 aromatic rings. The summed E-state index contributed by atoms with van der Waals surface area (Å²) in [4.78, 5) is 26.7. The second-order valence-corrected chi connectivity index (χ2v) is 7.79. The zero-order chi connectivity index (χ0) is 20.9. The van der Waals surface area contributed by atoms with E-state index in [9.17, 15) is 9.59 Å². The number of nitrogens with two attached hydrogens (primary N) is 1. The number of amides is 2. The number of hydrogen-bond acceptors (Lipinski definition) is 3. The lowest BCUT2D eigenvalue weighted by Gasteiger charge is -2.17. The quantitative estimate of drug-likeness (QED) is 0.374. The van der Waals surface area contributed by atoms with Crippen molar-refractivity contribution < 1.29 is 9.59 Å². The molecule has 0 aromatic heterocycles. The van der Waals surface area contributed by atoms with Crippen molar-refractivity contribution >= 4 is 39.6 Å². The van der Waals surface area contributed by atoms with Gasteiger partial charge >= 0.3 is 0 Å². The van der Waals surface area contributed by atoms with Crippen LogP contribution in [0.3, 0.4) is 0 Å². The molecule has 1 aliphatic heterocycles. The van der Waals surface area contributed by atoms with Crippen molar-refractivity contribution in [3.8, 4) is 0 Å². The predicted octanol–water partition coefficient (Wildman–Crippen LogP) is 5.36. The lowest BCUT2D eigenvalue weighted by molar-refractivity contribution is -0.116. The first kappa shape index (κ1) is 20.0. The average molecular weight is 402 g/mol. The highest BCUT2D eigenvalue weighted by Gasteiger charge is 2.28. The Morgan fingerprint density at radius 1 is 0.867 bits per heavy atom. The molecule has 0 spiro atoms. The summed E-state index contributed by atoms with van der Waals surface area (Å²) < 4.78 is 0. The van der Waals surface area contributed by atoms with Crippen LogP contribution in [0.25, 0.3) is 10.8 Å². The van der Waals surface area contributed by atoms with Crippen molar-refractivity contribution in [1.29, 1.82) is 0 Å². The Labute approximate surface area is 176 Å². The Hall–Kier alpha value is -3.34. The van der Waals surface area contributed by atoms with Crippen LogP contribution in [0.5, 0.6) is 0 Å². The number of nitrogen functional groups attached to an aromatic ring is 1. The molecular formula is C25H27N3O2. The van der Waals surface area contributed by atoms with Crippen LogP contribution in [-0.4, -0.2) is 18.4 Å². The number of carbonyl (C=O) groups excluding carboxylic acids is 2. The van der Waals surface area contributed by atoms with Gasteiger partial charge < -0.3 is 16.0 Å². The average Bonchev–Trinajstić information content (AvgIpc) is 3.03. The van der Waals surface area contributed by atoms with Gasteiger partial charge in [-0.3, -0.25) is 9.59 Å². The molecule has 1 heterocycles. The van der Waals surface area contributed by atoms with E-state index in [1.807, 2.05) is 47.4 Å². The van der Waals surface area contributed by atoms with Gasteiger partial charge in [0.1, 0.15) is 0 Å². The minimum atomic E-state index is 0.00132. The van der Waals surface area contributed by atoms with E-state index in [0.29, 0.717) is 17.8 Å². The van der Waals surface area contributed by atoms with Gasteiger partial charge in [0, 0.05) is 23.9 Å². The van der Waals surface area contributed by atoms with Gasteiger partial charge in [-0.1, -0.05) is 55.7 Å². The molecule has 0 bridgehead atoms. The van der Waals surface area contributed by atoms with E-state index in [1.54, 1.807) is 6.07 Å². The van der Waals surface area contributed by atoms with E-state index >= 15 is 0 Å². The number of unbranched alkanes of at least 4 members (excludes halogenated alkanes) is 4. The maximum absolute atomic E-state index is 12.8. The number of carbonyl (C=O) groups is 2. The molecule has 0 unspecified atom stereocenters. The Balaban J connectivity index is 1.17. The molecule has 2 amide bonds. The smallest absolute Gasteiger partial charge is 0.258 e. The highest BCUT2D eigenvalue weighted by Crippen LogP contribution is 2.37. The first-order valence-corrected chi connectivity index (χ1v) is 10.6. The Kier molecular flexibility index (Phi) is 5.98. The Morgan fingerprint density at radius 2 is 1.60 bits per heavy atom. The maximum Gasteiger partial charge on any atom is 0.258 e. The van der Waals surface area contributed by atoms with Crippen LogP contribution >= 0.6 is 0 Å². The number of benzene rings is 3. The maximum atomic E-state index is 12.8. The minimum Gasteiger partial charge on any atom is -0.397 e. The number of hydrogen-bond donors (Lipinski definition) is 2. The Morgan fingerprint density at radius 3 is 2.43 bits per heavy atom. The standard InChI is InChI=1S/C25H27N3O2/c26-20-13-5-6-14-21(20)27-23(29)16-4-2-1-3-7-17-28-22-15-9-11-18-10-8-12-19(24(18)22)25(28)30/h5-6,8-15H,1-4,7,16-17,26H2,(H,27,29). The van der Waals surface area contributed by atoms with Gasteiger partial charge in [-0.2, -0.15) is 0 Å². The van der Waals surface area contributed by atoms with Crippen molar-refractivity contribution in [2.45, 2.75) is 38.5 Å². The van der Waals surface area contributed by atoms with Gasteiger partial charge in [0.15, 0.2) is 0 Å². The van der Waals surface area contributed by atoms with Crippen LogP contribution in [-0.2, 0) is 4.79 Å². The highest BCUT2D eigenvalue weighted by molar-refractivity contribution is 6.24. The van der Waals surface area contributed by atoms with E-state index in [-0.39, 0.29) is 11.8 Å². The van der Waals surface area contributed by atoms with Gasteiger partial charge in [0.2, 0.25) is 5.91 Å². The first-order chi connectivity index (χ1) is 14.6. The number of para-hydroxylation sites is 2. The van der Waals surface area contributed by atoms with Crippen LogP contribution < -0.4 is 16.0 Å². The molecule has 0 radical (unpaired) electrons. The first-order valence-electron chi connectivity index (χ1n) is 10.6. The summed E-state index contributed by atoms with van der Waals surface area (Å²) in [5.41, 5.74) is 8.95. The molecule has 4 rings (SSSR count). The van der Waals surface area contributed by atoms with Crippen molar-refractivity contribution in [3.05, 3.63) is 66.2 Å². The largest absolute Gasteiger partial charge is 0.397 e. The van der Waals surface area contributed by atoms with Crippen LogP contribution in [0, 0.1) is 0 Å². The zero-order valence-electron chi connectivity index (χ0n) is 17.1. The van der Waals surface area contributed by atoms with E-state index < -0.39 is 0 Å². The van der Waals surface area contributed by atoms with Crippen LogP contribution in [0.15, 0.2) is 60.7 Å². The van der Waals surface area contributed by atoms with Gasteiger partial charge in [-0.15, -0.1) is 0 Å². The topological polar surface area (TPSA) is 75.4 Å². The van der Waals surface area contributed by atoms with Gasteiger partial charge in [0.05, 0.1) is 17.1 Å². The normalized spacial score (nSPS) is 12.5. The molecule has 3 aromatic carbocycles. The number of anilines is 3. The zero-order valence-corrected chi connectivity index (χ0v) is 17.1. The molecule has 1 aliphatic rings. The fourth-order valence-corrected chi connectivity index (χ4v) is 4.11. The Bertz CT molecular complexity index is 1070. The molecule has 3 N–H and O–H groups in total. The van der Waals surface area contributed by atoms with Gasteiger partial charge in [-0.05, 0) is 42.5 Å². The number of nitrogens with one attached hydrogen (secondary N) is 1. The molecule has 0 saturated carbocycles. The SMILES string of the molecule is Nc1ccccc1NC(=O)CCCCCCCN1C(=O)c2cccc3cccc1c23. The van der Waals surface area contributed by atoms with Gasteiger partial charge in [0.25, 0.3) is 5.91 Å². The second-order valence-electron chi connectivity index (χ2n) is 7.79. The monoisotopic (exact) mass is 401 g/mol. The van der Waals surface area contributed by atoms with Crippen molar-refractivity contribution in [2.75, 3.05) is 22.5 Å². The molecule has 0 saturated heterocycles. The minimum absolute atomic E-state index is 0.00132. The molecular weight excluding hydrogens is 374 g/mol. The van der Waals surface area contributed by atoms with E-state index in [0.717, 1.165) is 60.7 Å². The molecule has 0 fully saturated rings. The third kappa shape index (κ3) is 4.15. The summed E-state index contributed by atoms with van der Waals surface area (Å²) in [6.45, 7) is 0.737. The number of nitrogens with zero attached hydrogens (tertiary/aromatic N) is 1. The van der Waals surface area contributed by atoms with E-state index in [4.69, 9.17) is 5.73 Å². The lowest BCUT2D eigenvalue weighted by atomic mass is 10.1. The predicted molar refractivity (Wildman–Crippen MR) is 123 cm³/mol. The third-order valence-electron chi connectivity index (χ3n) is 5.67. The summed E-state index contributed by atoms with van der Waals surface area (Å²) in [5.74, 6) is 0.111. The van der Waals surface area contributed by atoms with E-state index in [2.05, 4.69) is 17.4 Å². The van der Waals surface area contributed by atoms with Crippen LogP contribution in [0.1, 0.15) is 48.9 Å². The van der Waals surface area contributed by atoms with Crippen molar-refractivity contribution in [3.63, 3.8) is 0 Å². The molecule has 0 aliphatic carbocycles. The fraction of sp³-hybridized carbons (Fsp3) is 0.280. The summed E-state index contributed by atoms with van der Waals surface area (Å²) in [7, 11) is 0. The lowest BCUT2D eigenvalue weighted by Crippen LogP contribution is -2.27. The molecule has 154 valence electrons. The van der Waals surface area contributed by atoms with Crippen LogP contribution in [0.4, 0.5) is 17.1 Å². The molecule has 5 nitrogen and oxygen atoms in total. The van der Waals surface area contributed by atoms with Crippen LogP contribution in [0.2, 0.25) is 0 Å². The number of rotatable bonds is 9. The highest BCUT2D eigenvalue weighted by atomic mass is 16.2. The summed E-state index contributed by atoms with van der Waals surface area (Å²) >= 11 is 0. The summed E-state index contributed by atoms with van der Waals surface area (Å²) in [5, 5.41) is 5.06. The van der Waals surface area contributed by atoms with Gasteiger partial charge in [-0.25, -0.2) is 0 Å². The summed E-state index contributed by atoms with van der Waals surface area (Å²) in [6, 6.07) is 19.3.